The summed E-state index contributed by atoms with van der Waals surface area (Å²) in [5.41, 5.74) is 1.96. The van der Waals surface area contributed by atoms with Gasteiger partial charge < -0.3 is 20.0 Å². The zero-order valence-corrected chi connectivity index (χ0v) is 14.7. The molecule has 24 heavy (non-hydrogen) atoms. The van der Waals surface area contributed by atoms with E-state index in [4.69, 9.17) is 16.6 Å². The van der Waals surface area contributed by atoms with E-state index < -0.39 is 0 Å². The summed E-state index contributed by atoms with van der Waals surface area (Å²) in [4.78, 5) is 14.0. The second-order valence-electron chi connectivity index (χ2n) is 6.24. The van der Waals surface area contributed by atoms with Crippen molar-refractivity contribution in [3.63, 3.8) is 0 Å². The molecular weight excluding hydrogens is 322 g/mol. The van der Waals surface area contributed by atoms with Crippen molar-refractivity contribution < 1.29 is 4.42 Å². The van der Waals surface area contributed by atoms with Gasteiger partial charge in [-0.25, -0.2) is 4.79 Å². The molecule has 2 N–H and O–H groups in total. The molecule has 1 aromatic heterocycles. The first-order chi connectivity index (χ1) is 11.6. The van der Waals surface area contributed by atoms with Crippen LogP contribution < -0.4 is 16.3 Å². The van der Waals surface area contributed by atoms with E-state index in [9.17, 15) is 4.79 Å². The highest BCUT2D eigenvalue weighted by Crippen LogP contribution is 2.20. The van der Waals surface area contributed by atoms with Crippen molar-refractivity contribution >= 4 is 34.0 Å². The van der Waals surface area contributed by atoms with Crippen molar-refractivity contribution in [2.75, 3.05) is 31.5 Å². The van der Waals surface area contributed by atoms with E-state index in [0.717, 1.165) is 29.7 Å². The molecule has 1 aromatic carbocycles. The lowest BCUT2D eigenvalue weighted by atomic mass is 10.1. The Hall–Kier alpha value is -1.92. The van der Waals surface area contributed by atoms with Crippen LogP contribution >= 0.6 is 12.2 Å². The van der Waals surface area contributed by atoms with Gasteiger partial charge in [-0.2, -0.15) is 0 Å². The van der Waals surface area contributed by atoms with Gasteiger partial charge in [0.05, 0.1) is 0 Å². The minimum Gasteiger partial charge on any atom is -0.423 e. The van der Waals surface area contributed by atoms with Crippen LogP contribution in [0.1, 0.15) is 24.8 Å². The van der Waals surface area contributed by atoms with Gasteiger partial charge in [-0.05, 0) is 62.8 Å². The Kier molecular flexibility index (Phi) is 5.48. The van der Waals surface area contributed by atoms with Crippen molar-refractivity contribution in [1.82, 2.24) is 10.2 Å². The maximum Gasteiger partial charge on any atom is 0.336 e. The van der Waals surface area contributed by atoms with Gasteiger partial charge in [0.2, 0.25) is 0 Å². The van der Waals surface area contributed by atoms with Gasteiger partial charge in [-0.15, -0.1) is 0 Å². The van der Waals surface area contributed by atoms with Crippen LogP contribution in [-0.2, 0) is 0 Å². The van der Waals surface area contributed by atoms with Crippen LogP contribution in [0.25, 0.3) is 11.0 Å². The van der Waals surface area contributed by atoms with E-state index in [0.29, 0.717) is 10.7 Å². The molecule has 1 fully saturated rings. The number of likely N-dealkylation sites (tertiary alicyclic amines) is 1. The molecule has 3 rings (SSSR count). The van der Waals surface area contributed by atoms with E-state index in [1.165, 1.54) is 38.4 Å². The number of thiocarbonyl (C=S) groups is 1. The number of piperidine rings is 1. The molecule has 0 bridgehead atoms. The van der Waals surface area contributed by atoms with E-state index in [-0.39, 0.29) is 5.63 Å². The molecule has 2 heterocycles. The van der Waals surface area contributed by atoms with Gasteiger partial charge in [0.1, 0.15) is 5.58 Å². The largest absolute Gasteiger partial charge is 0.423 e. The van der Waals surface area contributed by atoms with Gasteiger partial charge in [0, 0.05) is 36.3 Å². The van der Waals surface area contributed by atoms with Crippen LogP contribution in [0.2, 0.25) is 0 Å². The molecule has 1 saturated heterocycles. The third kappa shape index (κ3) is 4.33. The van der Waals surface area contributed by atoms with Gasteiger partial charge in [-0.1, -0.05) is 6.42 Å². The average Bonchev–Trinajstić information content (AvgIpc) is 2.55. The summed E-state index contributed by atoms with van der Waals surface area (Å²) < 4.78 is 5.26. The average molecular weight is 345 g/mol. The van der Waals surface area contributed by atoms with Crippen LogP contribution in [0.5, 0.6) is 0 Å². The van der Waals surface area contributed by atoms with E-state index >= 15 is 0 Å². The van der Waals surface area contributed by atoms with Crippen LogP contribution in [0.15, 0.2) is 33.5 Å². The monoisotopic (exact) mass is 345 g/mol. The lowest BCUT2D eigenvalue weighted by Crippen LogP contribution is -2.38. The number of hydrogen-bond donors (Lipinski definition) is 2. The minimum absolute atomic E-state index is 0.334. The molecule has 2 aromatic rings. The number of nitrogens with zero attached hydrogens (tertiary/aromatic N) is 1. The van der Waals surface area contributed by atoms with E-state index in [1.807, 2.05) is 25.1 Å². The van der Waals surface area contributed by atoms with E-state index in [1.54, 1.807) is 0 Å². The molecule has 0 aliphatic carbocycles. The van der Waals surface area contributed by atoms with Gasteiger partial charge in [0.25, 0.3) is 0 Å². The highest BCUT2D eigenvalue weighted by Gasteiger charge is 2.09. The Morgan fingerprint density at radius 2 is 2.04 bits per heavy atom. The topological polar surface area (TPSA) is 57.5 Å². The summed E-state index contributed by atoms with van der Waals surface area (Å²) in [6.07, 6.45) is 3.94. The third-order valence-electron chi connectivity index (χ3n) is 4.37. The molecule has 0 unspecified atom stereocenters. The quantitative estimate of drug-likeness (QED) is 0.656. The predicted octanol–water partition coefficient (Wildman–Crippen LogP) is 2.87. The molecule has 0 atom stereocenters. The summed E-state index contributed by atoms with van der Waals surface area (Å²) in [6.45, 7) is 6.11. The molecular formula is C18H23N3O2S. The Labute approximate surface area is 147 Å². The third-order valence-corrected chi connectivity index (χ3v) is 4.62. The summed E-state index contributed by atoms with van der Waals surface area (Å²) in [6, 6.07) is 7.19. The van der Waals surface area contributed by atoms with Crippen LogP contribution in [-0.4, -0.2) is 36.2 Å². The summed E-state index contributed by atoms with van der Waals surface area (Å²) in [7, 11) is 0. The number of hydrogen-bond acceptors (Lipinski definition) is 4. The fourth-order valence-corrected chi connectivity index (χ4v) is 3.31. The van der Waals surface area contributed by atoms with Crippen molar-refractivity contribution in [2.45, 2.75) is 26.2 Å². The van der Waals surface area contributed by atoms with Crippen LogP contribution in [0, 0.1) is 6.92 Å². The smallest absolute Gasteiger partial charge is 0.336 e. The number of benzene rings is 1. The molecule has 1 aliphatic rings. The number of nitrogens with one attached hydrogen (secondary N) is 2. The molecule has 1 aliphatic heterocycles. The lowest BCUT2D eigenvalue weighted by molar-refractivity contribution is 0.232. The van der Waals surface area contributed by atoms with Gasteiger partial charge >= 0.3 is 5.63 Å². The standard InChI is InChI=1S/C18H23N3O2S/c1-13-11-17(22)23-16-12-14(5-6-15(13)16)20-18(24)19-7-10-21-8-3-2-4-9-21/h5-6,11-12H,2-4,7-10H2,1H3,(H2,19,20,24). The lowest BCUT2D eigenvalue weighted by Gasteiger charge is -2.26. The number of anilines is 1. The minimum atomic E-state index is -0.334. The zero-order chi connectivity index (χ0) is 16.9. The normalized spacial score (nSPS) is 15.4. The maximum absolute atomic E-state index is 11.5. The van der Waals surface area contributed by atoms with Crippen molar-refractivity contribution in [2.24, 2.45) is 0 Å². The zero-order valence-electron chi connectivity index (χ0n) is 13.9. The second-order valence-corrected chi connectivity index (χ2v) is 6.65. The number of aryl methyl sites for hydroxylation is 1. The summed E-state index contributed by atoms with van der Waals surface area (Å²) in [5, 5.41) is 7.91. The molecule has 5 nitrogen and oxygen atoms in total. The maximum atomic E-state index is 11.5. The molecule has 0 radical (unpaired) electrons. The van der Waals surface area contributed by atoms with Crippen molar-refractivity contribution in [1.29, 1.82) is 0 Å². The SMILES string of the molecule is Cc1cc(=O)oc2cc(NC(=S)NCCN3CCCCC3)ccc12. The van der Waals surface area contributed by atoms with Crippen molar-refractivity contribution in [3.8, 4) is 0 Å². The molecule has 0 amide bonds. The highest BCUT2D eigenvalue weighted by atomic mass is 32.1. The summed E-state index contributed by atoms with van der Waals surface area (Å²) >= 11 is 5.34. The Morgan fingerprint density at radius 1 is 1.25 bits per heavy atom. The fraction of sp³-hybridized carbons (Fsp3) is 0.444. The first-order valence-electron chi connectivity index (χ1n) is 8.43. The second kappa shape index (κ2) is 7.77. The summed E-state index contributed by atoms with van der Waals surface area (Å²) in [5.74, 6) is 0. The Morgan fingerprint density at radius 3 is 2.83 bits per heavy atom. The van der Waals surface area contributed by atoms with Gasteiger partial charge in [-0.3, -0.25) is 0 Å². The molecule has 0 spiro atoms. The Bertz CT molecular complexity index is 781. The highest BCUT2D eigenvalue weighted by molar-refractivity contribution is 7.80. The molecule has 6 heteroatoms. The molecule has 0 saturated carbocycles. The van der Waals surface area contributed by atoms with Crippen LogP contribution in [0.4, 0.5) is 5.69 Å². The van der Waals surface area contributed by atoms with Crippen molar-refractivity contribution in [3.05, 3.63) is 40.2 Å². The number of fused-ring (bicyclic) bond motifs is 1. The van der Waals surface area contributed by atoms with Gasteiger partial charge in [0.15, 0.2) is 5.11 Å². The van der Waals surface area contributed by atoms with E-state index in [2.05, 4.69) is 15.5 Å². The Balaban J connectivity index is 1.56. The molecule has 128 valence electrons. The predicted molar refractivity (Wildman–Crippen MR) is 102 cm³/mol. The first kappa shape index (κ1) is 16.9. The first-order valence-corrected chi connectivity index (χ1v) is 8.84. The number of rotatable bonds is 4. The van der Waals surface area contributed by atoms with Crippen LogP contribution in [0.3, 0.4) is 0 Å². The fourth-order valence-electron chi connectivity index (χ4n) is 3.09.